The van der Waals surface area contributed by atoms with Gasteiger partial charge in [0.05, 0.1) is 0 Å². The van der Waals surface area contributed by atoms with E-state index in [0.29, 0.717) is 0 Å². The molecule has 0 rings (SSSR count). The van der Waals surface area contributed by atoms with Gasteiger partial charge in [0.2, 0.25) is 5.91 Å². The van der Waals surface area contributed by atoms with E-state index in [-0.39, 0.29) is 22.8 Å². The minimum atomic E-state index is -0.241. The number of amides is 1. The highest BCUT2D eigenvalue weighted by molar-refractivity contribution is 5.75. The van der Waals surface area contributed by atoms with E-state index in [1.807, 2.05) is 0 Å². The van der Waals surface area contributed by atoms with Crippen molar-refractivity contribution in [3.63, 3.8) is 0 Å². The van der Waals surface area contributed by atoms with E-state index in [2.05, 4.69) is 0 Å². The van der Waals surface area contributed by atoms with Crippen molar-refractivity contribution >= 4 is 16.9 Å². The Hall–Kier alpha value is -0.313. The zero-order valence-corrected chi connectivity index (χ0v) is 4.06. The lowest BCUT2D eigenvalue weighted by Crippen LogP contribution is -2.17. The Labute approximate surface area is 48.1 Å². The molecule has 0 saturated heterocycles. The fourth-order valence-electron chi connectivity index (χ4n) is 0. The second kappa shape index (κ2) is 3.86. The summed E-state index contributed by atoms with van der Waals surface area (Å²) in [6.07, 6.45) is 0. The van der Waals surface area contributed by atoms with Crippen molar-refractivity contribution in [3.05, 3.63) is 0 Å². The molecule has 2 nitrogen and oxygen atoms in total. The standard InChI is InChI=1S/C4H9NO.H4Si/c1-3(2)4(5)6;/h3H,1-2H3,(H2,5,6);1H4. The largest absolute Gasteiger partial charge is 0.369 e. The number of hydrogen-bond acceptors (Lipinski definition) is 1. The zero-order valence-electron chi connectivity index (χ0n) is 4.06. The van der Waals surface area contributed by atoms with E-state index in [4.69, 9.17) is 5.73 Å². The summed E-state index contributed by atoms with van der Waals surface area (Å²) in [7, 11) is 0. The quantitative estimate of drug-likeness (QED) is 0.427. The van der Waals surface area contributed by atoms with Gasteiger partial charge in [-0.05, 0) is 11.0 Å². The first-order valence-corrected chi connectivity index (χ1v) is 1.94. The second-order valence-electron chi connectivity index (χ2n) is 1.56. The van der Waals surface area contributed by atoms with E-state index < -0.39 is 0 Å². The molecule has 0 saturated carbocycles. The van der Waals surface area contributed by atoms with Crippen LogP contribution in [0.5, 0.6) is 0 Å². The van der Waals surface area contributed by atoms with Gasteiger partial charge in [-0.25, -0.2) is 0 Å². The molecular weight excluding hydrogens is 106 g/mol. The summed E-state index contributed by atoms with van der Waals surface area (Å²) in [6, 6.07) is 0. The van der Waals surface area contributed by atoms with Crippen molar-refractivity contribution < 1.29 is 4.79 Å². The third-order valence-corrected chi connectivity index (χ3v) is 0.569. The first-order valence-electron chi connectivity index (χ1n) is 1.94. The van der Waals surface area contributed by atoms with Gasteiger partial charge < -0.3 is 5.73 Å². The van der Waals surface area contributed by atoms with Gasteiger partial charge in [0.1, 0.15) is 0 Å². The van der Waals surface area contributed by atoms with Gasteiger partial charge in [-0.15, -0.1) is 0 Å². The molecule has 7 heavy (non-hydrogen) atoms. The van der Waals surface area contributed by atoms with Crippen molar-refractivity contribution in [3.8, 4) is 0 Å². The third kappa shape index (κ3) is 5.69. The molecule has 0 aromatic heterocycles. The molecular formula is C4H13NOSi. The molecule has 0 heterocycles. The number of hydrogen-bond donors (Lipinski definition) is 1. The summed E-state index contributed by atoms with van der Waals surface area (Å²) >= 11 is 0. The Kier molecular flexibility index (Phi) is 5.43. The fourth-order valence-corrected chi connectivity index (χ4v) is 0. The monoisotopic (exact) mass is 119 g/mol. The maximum atomic E-state index is 9.92. The highest BCUT2D eigenvalue weighted by Crippen LogP contribution is 1.84. The van der Waals surface area contributed by atoms with Crippen LogP contribution in [-0.2, 0) is 4.79 Å². The molecule has 44 valence electrons. The number of rotatable bonds is 1. The molecule has 0 radical (unpaired) electrons. The second-order valence-corrected chi connectivity index (χ2v) is 1.56. The molecule has 0 unspecified atom stereocenters. The van der Waals surface area contributed by atoms with Crippen molar-refractivity contribution in [2.24, 2.45) is 11.7 Å². The van der Waals surface area contributed by atoms with Gasteiger partial charge in [-0.2, -0.15) is 0 Å². The molecule has 0 atom stereocenters. The number of nitrogens with two attached hydrogens (primary N) is 1. The van der Waals surface area contributed by atoms with Crippen LogP contribution in [0.25, 0.3) is 0 Å². The fraction of sp³-hybridized carbons (Fsp3) is 0.750. The molecule has 0 fully saturated rings. The molecule has 0 aliphatic rings. The molecule has 3 heteroatoms. The van der Waals surface area contributed by atoms with Crippen LogP contribution in [0.15, 0.2) is 0 Å². The Morgan fingerprint density at radius 2 is 1.71 bits per heavy atom. The van der Waals surface area contributed by atoms with Crippen LogP contribution in [0.1, 0.15) is 13.8 Å². The summed E-state index contributed by atoms with van der Waals surface area (Å²) in [5, 5.41) is 0. The van der Waals surface area contributed by atoms with Crippen LogP contribution in [0.3, 0.4) is 0 Å². The Morgan fingerprint density at radius 1 is 1.57 bits per heavy atom. The first-order chi connectivity index (χ1) is 2.64. The molecule has 0 spiro atoms. The van der Waals surface area contributed by atoms with E-state index in [9.17, 15) is 4.79 Å². The third-order valence-electron chi connectivity index (χ3n) is 0.569. The van der Waals surface area contributed by atoms with E-state index in [1.165, 1.54) is 0 Å². The molecule has 1 amide bonds. The summed E-state index contributed by atoms with van der Waals surface area (Å²) in [5.41, 5.74) is 4.80. The summed E-state index contributed by atoms with van der Waals surface area (Å²) in [5.74, 6) is -0.250. The van der Waals surface area contributed by atoms with Crippen LogP contribution < -0.4 is 5.73 Å². The lowest BCUT2D eigenvalue weighted by atomic mass is 10.2. The topological polar surface area (TPSA) is 43.1 Å². The maximum absolute atomic E-state index is 9.92. The minimum absolute atomic E-state index is 0. The number of carbonyl (C=O) groups excluding carboxylic acids is 1. The van der Waals surface area contributed by atoms with Crippen LogP contribution in [0.4, 0.5) is 0 Å². The predicted molar refractivity (Wildman–Crippen MR) is 35.4 cm³/mol. The highest BCUT2D eigenvalue weighted by Gasteiger charge is 1.96. The van der Waals surface area contributed by atoms with Crippen molar-refractivity contribution in [1.29, 1.82) is 0 Å². The van der Waals surface area contributed by atoms with Gasteiger partial charge >= 0.3 is 0 Å². The summed E-state index contributed by atoms with van der Waals surface area (Å²) in [4.78, 5) is 9.92. The smallest absolute Gasteiger partial charge is 0.219 e. The van der Waals surface area contributed by atoms with Gasteiger partial charge in [0.25, 0.3) is 0 Å². The van der Waals surface area contributed by atoms with E-state index >= 15 is 0 Å². The Morgan fingerprint density at radius 3 is 1.71 bits per heavy atom. The zero-order chi connectivity index (χ0) is 5.15. The molecule has 2 N–H and O–H groups in total. The summed E-state index contributed by atoms with van der Waals surface area (Å²) in [6.45, 7) is 3.53. The van der Waals surface area contributed by atoms with Crippen molar-refractivity contribution in [2.75, 3.05) is 0 Å². The van der Waals surface area contributed by atoms with Crippen LogP contribution in [0.2, 0.25) is 0 Å². The molecule has 0 aliphatic carbocycles. The van der Waals surface area contributed by atoms with E-state index in [0.717, 1.165) is 0 Å². The van der Waals surface area contributed by atoms with Gasteiger partial charge in [-0.3, -0.25) is 4.79 Å². The number of carbonyl (C=O) groups is 1. The summed E-state index contributed by atoms with van der Waals surface area (Å²) < 4.78 is 0. The van der Waals surface area contributed by atoms with Crippen LogP contribution in [-0.4, -0.2) is 16.9 Å². The molecule has 0 aliphatic heterocycles. The Bertz CT molecular complexity index is 62.7. The van der Waals surface area contributed by atoms with Gasteiger partial charge in [-0.1, -0.05) is 13.8 Å². The lowest BCUT2D eigenvalue weighted by Gasteiger charge is -1.90. The van der Waals surface area contributed by atoms with Crippen LogP contribution >= 0.6 is 0 Å². The highest BCUT2D eigenvalue weighted by atomic mass is 28.1. The minimum Gasteiger partial charge on any atom is -0.369 e. The average Bonchev–Trinajstić information content (AvgIpc) is 1.36. The molecule has 0 aromatic carbocycles. The van der Waals surface area contributed by atoms with Crippen molar-refractivity contribution in [2.45, 2.75) is 13.8 Å². The first kappa shape index (κ1) is 9.84. The van der Waals surface area contributed by atoms with Crippen LogP contribution in [0, 0.1) is 5.92 Å². The van der Waals surface area contributed by atoms with Gasteiger partial charge in [0.15, 0.2) is 0 Å². The molecule has 0 bridgehead atoms. The predicted octanol–water partition coefficient (Wildman–Crippen LogP) is -1.32. The van der Waals surface area contributed by atoms with Crippen molar-refractivity contribution in [1.82, 2.24) is 0 Å². The lowest BCUT2D eigenvalue weighted by molar-refractivity contribution is -0.120. The average molecular weight is 119 g/mol. The van der Waals surface area contributed by atoms with E-state index in [1.54, 1.807) is 13.8 Å². The maximum Gasteiger partial charge on any atom is 0.219 e. The van der Waals surface area contributed by atoms with Gasteiger partial charge in [0, 0.05) is 5.92 Å². The molecule has 0 aromatic rings. The Balaban J connectivity index is 0. The number of primary amides is 1. The normalized spacial score (nSPS) is 7.86. The SMILES string of the molecule is CC(C)C(N)=O.[SiH4].